The number of rotatable bonds is 0. The number of ether oxygens (including phenoxy) is 2. The summed E-state index contributed by atoms with van der Waals surface area (Å²) in [5.41, 5.74) is 0.478. The van der Waals surface area contributed by atoms with Gasteiger partial charge in [-0.1, -0.05) is 0 Å². The molecule has 0 aromatic heterocycles. The van der Waals surface area contributed by atoms with Crippen LogP contribution in [0.15, 0.2) is 0 Å². The molecule has 7 nitrogen and oxygen atoms in total. The van der Waals surface area contributed by atoms with E-state index < -0.39 is 29.3 Å². The molecule has 0 rings (SSSR count). The van der Waals surface area contributed by atoms with Crippen molar-refractivity contribution >= 4 is 18.1 Å². The average Bonchev–Trinajstić information content (AvgIpc) is 2.07. The third-order valence-electron chi connectivity index (χ3n) is 1.42. The number of nitrogens with one attached hydrogen (secondary N) is 1. The van der Waals surface area contributed by atoms with Gasteiger partial charge >= 0.3 is 12.2 Å². The molecule has 19 heavy (non-hydrogen) atoms. The zero-order valence-electron chi connectivity index (χ0n) is 12.5. The second kappa shape index (κ2) is 5.90. The fourth-order valence-corrected chi connectivity index (χ4v) is 0.938. The molecule has 0 bridgehead atoms. The predicted molar refractivity (Wildman–Crippen MR) is 68.1 cm³/mol. The van der Waals surface area contributed by atoms with E-state index in [1.54, 1.807) is 41.5 Å². The van der Waals surface area contributed by atoms with Crippen molar-refractivity contribution in [1.82, 2.24) is 10.4 Å². The molecule has 1 N–H and O–H groups in total. The van der Waals surface area contributed by atoms with Crippen LogP contribution in [0, 0.1) is 0 Å². The monoisotopic (exact) mass is 274 g/mol. The molecular weight excluding hydrogens is 252 g/mol. The highest BCUT2D eigenvalue weighted by Crippen LogP contribution is 2.13. The normalized spacial score (nSPS) is 11.5. The van der Waals surface area contributed by atoms with E-state index in [-0.39, 0.29) is 0 Å². The van der Waals surface area contributed by atoms with Gasteiger partial charge in [0.2, 0.25) is 5.91 Å². The molecular formula is C12H22N2O5. The minimum atomic E-state index is -1.00. The molecule has 7 heteroatoms. The first-order chi connectivity index (χ1) is 8.32. The van der Waals surface area contributed by atoms with Gasteiger partial charge in [-0.15, -0.1) is 5.01 Å². The van der Waals surface area contributed by atoms with Crippen LogP contribution in [0.1, 0.15) is 48.5 Å². The Labute approximate surface area is 113 Å². The van der Waals surface area contributed by atoms with Crippen molar-refractivity contribution in [2.45, 2.75) is 59.7 Å². The van der Waals surface area contributed by atoms with Gasteiger partial charge in [0.1, 0.15) is 11.2 Å². The Morgan fingerprint density at radius 3 is 1.37 bits per heavy atom. The summed E-state index contributed by atoms with van der Waals surface area (Å²) >= 11 is 0. The van der Waals surface area contributed by atoms with Gasteiger partial charge in [0.05, 0.1) is 0 Å². The summed E-state index contributed by atoms with van der Waals surface area (Å²) in [5.74, 6) is -0.586. The highest BCUT2D eigenvalue weighted by atomic mass is 16.6. The van der Waals surface area contributed by atoms with Gasteiger partial charge in [0, 0.05) is 6.92 Å². The number of amides is 3. The Morgan fingerprint density at radius 1 is 0.842 bits per heavy atom. The molecule has 0 saturated carbocycles. The summed E-state index contributed by atoms with van der Waals surface area (Å²) in [5, 5.41) is 0.416. The lowest BCUT2D eigenvalue weighted by atomic mass is 10.2. The molecule has 0 aliphatic rings. The third-order valence-corrected chi connectivity index (χ3v) is 1.42. The van der Waals surface area contributed by atoms with Crippen molar-refractivity contribution in [1.29, 1.82) is 0 Å². The zero-order valence-corrected chi connectivity index (χ0v) is 12.5. The topological polar surface area (TPSA) is 84.9 Å². The average molecular weight is 274 g/mol. The molecule has 0 aromatic carbocycles. The highest BCUT2D eigenvalue weighted by molar-refractivity contribution is 5.90. The van der Waals surface area contributed by atoms with Crippen LogP contribution in [0.5, 0.6) is 0 Å². The number of carbonyl (C=O) groups is 3. The Morgan fingerprint density at radius 2 is 1.16 bits per heavy atom. The Balaban J connectivity index is 4.95. The first-order valence-corrected chi connectivity index (χ1v) is 5.85. The first kappa shape index (κ1) is 17.2. The van der Waals surface area contributed by atoms with E-state index in [2.05, 4.69) is 5.43 Å². The molecule has 0 heterocycles. The van der Waals surface area contributed by atoms with Gasteiger partial charge in [-0.05, 0) is 41.5 Å². The third kappa shape index (κ3) is 8.01. The molecule has 0 aromatic rings. The molecule has 0 saturated heterocycles. The number of hydrogen-bond acceptors (Lipinski definition) is 5. The molecule has 0 aliphatic carbocycles. The molecule has 0 fully saturated rings. The molecule has 3 amide bonds. The molecule has 0 unspecified atom stereocenters. The van der Waals surface area contributed by atoms with Crippen molar-refractivity contribution in [3.63, 3.8) is 0 Å². The van der Waals surface area contributed by atoms with Crippen LogP contribution in [0.2, 0.25) is 0 Å². The van der Waals surface area contributed by atoms with Crippen molar-refractivity contribution in [3.8, 4) is 0 Å². The maximum absolute atomic E-state index is 11.8. The minimum absolute atomic E-state index is 0.416. The predicted octanol–water partition coefficient (Wildman–Crippen LogP) is 2.21. The standard InChI is InChI=1S/C12H22N2O5/c1-8(15)13-14(9(16)18-11(2,3)4)10(17)19-12(5,6)7/h1-7H3,(H,13,15). The van der Waals surface area contributed by atoms with Gasteiger partial charge in [0.25, 0.3) is 0 Å². The van der Waals surface area contributed by atoms with E-state index in [9.17, 15) is 14.4 Å². The van der Waals surface area contributed by atoms with E-state index >= 15 is 0 Å². The quantitative estimate of drug-likeness (QED) is 0.684. The minimum Gasteiger partial charge on any atom is -0.442 e. The lowest BCUT2D eigenvalue weighted by Gasteiger charge is -2.28. The summed E-state index contributed by atoms with van der Waals surface area (Å²) < 4.78 is 10.0. The summed E-state index contributed by atoms with van der Waals surface area (Å²) in [4.78, 5) is 34.6. The van der Waals surface area contributed by atoms with E-state index in [1.807, 2.05) is 0 Å². The molecule has 0 radical (unpaired) electrons. The van der Waals surface area contributed by atoms with Gasteiger partial charge < -0.3 is 9.47 Å². The largest absolute Gasteiger partial charge is 0.442 e. The maximum Gasteiger partial charge on any atom is 0.439 e. The highest BCUT2D eigenvalue weighted by Gasteiger charge is 2.32. The van der Waals surface area contributed by atoms with Gasteiger partial charge in [0.15, 0.2) is 0 Å². The van der Waals surface area contributed by atoms with Gasteiger partial charge in [-0.3, -0.25) is 10.2 Å². The number of imide groups is 1. The van der Waals surface area contributed by atoms with E-state index in [4.69, 9.17) is 9.47 Å². The summed E-state index contributed by atoms with van der Waals surface area (Å²) in [7, 11) is 0. The van der Waals surface area contributed by atoms with Crippen molar-refractivity contribution in [2.24, 2.45) is 0 Å². The van der Waals surface area contributed by atoms with Crippen molar-refractivity contribution < 1.29 is 23.9 Å². The lowest BCUT2D eigenvalue weighted by Crippen LogP contribution is -2.52. The van der Waals surface area contributed by atoms with Crippen LogP contribution < -0.4 is 5.43 Å². The smallest absolute Gasteiger partial charge is 0.439 e. The molecule has 110 valence electrons. The molecule has 0 spiro atoms. The summed E-state index contributed by atoms with van der Waals surface area (Å²) in [6, 6.07) is 0. The molecule has 0 aliphatic heterocycles. The van der Waals surface area contributed by atoms with E-state index in [1.165, 1.54) is 6.92 Å². The molecule has 0 atom stereocenters. The van der Waals surface area contributed by atoms with Gasteiger partial charge in [-0.2, -0.15) is 0 Å². The number of hydrogen-bond donors (Lipinski definition) is 1. The van der Waals surface area contributed by atoms with Crippen LogP contribution in [0.4, 0.5) is 9.59 Å². The van der Waals surface area contributed by atoms with Crippen molar-refractivity contribution in [3.05, 3.63) is 0 Å². The Bertz CT molecular complexity index is 337. The van der Waals surface area contributed by atoms with Crippen LogP contribution >= 0.6 is 0 Å². The fourth-order valence-electron chi connectivity index (χ4n) is 0.938. The number of nitrogens with zero attached hydrogens (tertiary/aromatic N) is 1. The van der Waals surface area contributed by atoms with Crippen molar-refractivity contribution in [2.75, 3.05) is 0 Å². The maximum atomic E-state index is 11.8. The second-order valence-corrected chi connectivity index (χ2v) is 5.96. The number of hydrazine groups is 1. The van der Waals surface area contributed by atoms with E-state index in [0.29, 0.717) is 5.01 Å². The zero-order chi connectivity index (χ0) is 15.4. The fraction of sp³-hybridized carbons (Fsp3) is 0.750. The van der Waals surface area contributed by atoms with Crippen LogP contribution in [-0.2, 0) is 14.3 Å². The van der Waals surface area contributed by atoms with Crippen LogP contribution in [-0.4, -0.2) is 34.3 Å². The van der Waals surface area contributed by atoms with Crippen LogP contribution in [0.25, 0.3) is 0 Å². The Kier molecular flexibility index (Phi) is 5.34. The Hall–Kier alpha value is -1.79. The SMILES string of the molecule is CC(=O)NN(C(=O)OC(C)(C)C)C(=O)OC(C)(C)C. The van der Waals surface area contributed by atoms with E-state index in [0.717, 1.165) is 0 Å². The lowest BCUT2D eigenvalue weighted by molar-refractivity contribution is -0.123. The van der Waals surface area contributed by atoms with Crippen LogP contribution in [0.3, 0.4) is 0 Å². The van der Waals surface area contributed by atoms with Gasteiger partial charge in [-0.25, -0.2) is 9.59 Å². The second-order valence-electron chi connectivity index (χ2n) is 5.96. The summed E-state index contributed by atoms with van der Waals surface area (Å²) in [6.07, 6.45) is -2.01. The summed E-state index contributed by atoms with van der Waals surface area (Å²) in [6.45, 7) is 11.0. The first-order valence-electron chi connectivity index (χ1n) is 5.85. The number of carbonyl (C=O) groups excluding carboxylic acids is 3.